The van der Waals surface area contributed by atoms with E-state index < -0.39 is 11.8 Å². The minimum Gasteiger partial charge on any atom is -0.478 e. The summed E-state index contributed by atoms with van der Waals surface area (Å²) in [6, 6.07) is 8.54. The van der Waals surface area contributed by atoms with Crippen LogP contribution in [0.3, 0.4) is 0 Å². The molecule has 5 nitrogen and oxygen atoms in total. The molecule has 24 heavy (non-hydrogen) atoms. The number of amides is 2. The number of fused-ring (bicyclic) bond motifs is 1. The second-order valence-corrected chi connectivity index (χ2v) is 5.98. The highest BCUT2D eigenvalue weighted by Crippen LogP contribution is 2.32. The lowest BCUT2D eigenvalue weighted by Gasteiger charge is -2.35. The van der Waals surface area contributed by atoms with E-state index in [0.717, 1.165) is 5.56 Å². The Hall–Kier alpha value is -2.60. The normalized spacial score (nSPS) is 13.9. The van der Waals surface area contributed by atoms with Crippen molar-refractivity contribution in [2.75, 3.05) is 11.9 Å². The molecule has 0 saturated carbocycles. The molecular weight excluding hydrogens is 335 g/mol. The number of anilines is 1. The van der Waals surface area contributed by atoms with Gasteiger partial charge < -0.3 is 10.0 Å². The van der Waals surface area contributed by atoms with Gasteiger partial charge in [0, 0.05) is 24.2 Å². The highest BCUT2D eigenvalue weighted by atomic mass is 35.5. The maximum Gasteiger partial charge on any atom is 0.335 e. The van der Waals surface area contributed by atoms with Gasteiger partial charge in [0.05, 0.1) is 17.8 Å². The average Bonchev–Trinajstić information content (AvgIpc) is 2.54. The lowest BCUT2D eigenvalue weighted by atomic mass is 10.0. The lowest BCUT2D eigenvalue weighted by molar-refractivity contribution is 0.0696. The number of nitrogens with zero attached hydrogens (tertiary/aromatic N) is 2. The Bertz CT molecular complexity index is 820. The summed E-state index contributed by atoms with van der Waals surface area (Å²) >= 11 is 6.06. The van der Waals surface area contributed by atoms with Gasteiger partial charge in [-0.25, -0.2) is 14.0 Å². The van der Waals surface area contributed by atoms with Crippen molar-refractivity contribution in [2.24, 2.45) is 0 Å². The topological polar surface area (TPSA) is 60.9 Å². The first kappa shape index (κ1) is 16.3. The van der Waals surface area contributed by atoms with Crippen LogP contribution in [0.1, 0.15) is 21.5 Å². The monoisotopic (exact) mass is 348 g/mol. The zero-order valence-corrected chi connectivity index (χ0v) is 13.5. The average molecular weight is 349 g/mol. The van der Waals surface area contributed by atoms with Crippen molar-refractivity contribution in [1.82, 2.24) is 4.90 Å². The number of urea groups is 1. The number of rotatable bonds is 3. The molecule has 1 aliphatic heterocycles. The van der Waals surface area contributed by atoms with Crippen LogP contribution in [0.5, 0.6) is 0 Å². The fourth-order valence-corrected chi connectivity index (χ4v) is 2.93. The summed E-state index contributed by atoms with van der Waals surface area (Å²) in [6.07, 6.45) is 0. The van der Waals surface area contributed by atoms with Crippen molar-refractivity contribution in [3.8, 4) is 0 Å². The van der Waals surface area contributed by atoms with Gasteiger partial charge in [0.2, 0.25) is 0 Å². The number of benzene rings is 2. The molecule has 0 radical (unpaired) electrons. The summed E-state index contributed by atoms with van der Waals surface area (Å²) < 4.78 is 14.1. The molecular formula is C17H14ClFN2O3. The van der Waals surface area contributed by atoms with Gasteiger partial charge in [-0.1, -0.05) is 23.7 Å². The van der Waals surface area contributed by atoms with Crippen molar-refractivity contribution < 1.29 is 19.1 Å². The number of hydrogen-bond acceptors (Lipinski definition) is 2. The summed E-state index contributed by atoms with van der Waals surface area (Å²) in [5, 5.41) is 9.39. The predicted octanol–water partition coefficient (Wildman–Crippen LogP) is 3.75. The number of carbonyl (C=O) groups is 2. The van der Waals surface area contributed by atoms with Gasteiger partial charge in [0.1, 0.15) is 5.82 Å². The number of carboxylic acids is 1. The fraction of sp³-hybridized carbons (Fsp3) is 0.176. The first-order chi connectivity index (χ1) is 11.4. The molecule has 1 aliphatic rings. The van der Waals surface area contributed by atoms with Crippen molar-refractivity contribution in [1.29, 1.82) is 0 Å². The fourth-order valence-electron chi connectivity index (χ4n) is 2.71. The third kappa shape index (κ3) is 2.80. The van der Waals surface area contributed by atoms with Gasteiger partial charge >= 0.3 is 12.0 Å². The van der Waals surface area contributed by atoms with Crippen LogP contribution in [0, 0.1) is 5.82 Å². The third-order valence-electron chi connectivity index (χ3n) is 3.97. The van der Waals surface area contributed by atoms with Gasteiger partial charge in [0.15, 0.2) is 0 Å². The van der Waals surface area contributed by atoms with E-state index in [2.05, 4.69) is 0 Å². The molecule has 2 aromatic rings. The molecule has 2 aromatic carbocycles. The summed E-state index contributed by atoms with van der Waals surface area (Å²) in [4.78, 5) is 26.6. The first-order valence-corrected chi connectivity index (χ1v) is 7.58. The van der Waals surface area contributed by atoms with Crippen LogP contribution in [0.2, 0.25) is 5.02 Å². The van der Waals surface area contributed by atoms with Gasteiger partial charge in [-0.15, -0.1) is 0 Å². The third-order valence-corrected chi connectivity index (χ3v) is 4.32. The highest BCUT2D eigenvalue weighted by Gasteiger charge is 2.30. The van der Waals surface area contributed by atoms with E-state index in [1.807, 2.05) is 0 Å². The van der Waals surface area contributed by atoms with Crippen LogP contribution >= 0.6 is 11.6 Å². The minimum absolute atomic E-state index is 0.0655. The quantitative estimate of drug-likeness (QED) is 0.919. The van der Waals surface area contributed by atoms with Crippen molar-refractivity contribution in [2.45, 2.75) is 13.1 Å². The molecule has 7 heteroatoms. The van der Waals surface area contributed by atoms with E-state index in [1.54, 1.807) is 19.2 Å². The van der Waals surface area contributed by atoms with Crippen LogP contribution in [-0.2, 0) is 13.1 Å². The standard InChI is InChI=1S/C17H14ClFN2O3/c1-20-8-11-6-5-10(16(22)23)7-15(11)21(17(20)24)9-12-13(18)3-2-4-14(12)19/h2-7H,8-9H2,1H3,(H,22,23). The molecule has 0 aliphatic carbocycles. The molecule has 0 atom stereocenters. The molecule has 1 heterocycles. The van der Waals surface area contributed by atoms with Gasteiger partial charge in [0.25, 0.3) is 0 Å². The van der Waals surface area contributed by atoms with Crippen LogP contribution in [0.15, 0.2) is 36.4 Å². The molecule has 0 saturated heterocycles. The smallest absolute Gasteiger partial charge is 0.335 e. The Morgan fingerprint density at radius 2 is 2.08 bits per heavy atom. The number of halogens is 2. The van der Waals surface area contributed by atoms with Crippen molar-refractivity contribution in [3.05, 3.63) is 63.9 Å². The Morgan fingerprint density at radius 3 is 2.75 bits per heavy atom. The second kappa shape index (κ2) is 6.13. The molecule has 0 aromatic heterocycles. The van der Waals surface area contributed by atoms with E-state index in [9.17, 15) is 19.1 Å². The number of carboxylic acid groups (broad SMARTS) is 1. The maximum absolute atomic E-state index is 14.1. The van der Waals surface area contributed by atoms with E-state index in [4.69, 9.17) is 11.6 Å². The number of carbonyl (C=O) groups excluding carboxylic acids is 1. The van der Waals surface area contributed by atoms with E-state index in [1.165, 1.54) is 34.1 Å². The Balaban J connectivity index is 2.08. The van der Waals surface area contributed by atoms with Crippen molar-refractivity contribution >= 4 is 29.3 Å². The second-order valence-electron chi connectivity index (χ2n) is 5.57. The predicted molar refractivity (Wildman–Crippen MR) is 87.9 cm³/mol. The maximum atomic E-state index is 14.1. The highest BCUT2D eigenvalue weighted by molar-refractivity contribution is 6.31. The van der Waals surface area contributed by atoms with E-state index >= 15 is 0 Å². The number of aromatic carboxylic acids is 1. The van der Waals surface area contributed by atoms with Crippen LogP contribution in [0.25, 0.3) is 0 Å². The van der Waals surface area contributed by atoms with Gasteiger partial charge in [-0.2, -0.15) is 0 Å². The van der Waals surface area contributed by atoms with E-state index in [0.29, 0.717) is 12.2 Å². The van der Waals surface area contributed by atoms with Gasteiger partial charge in [-0.3, -0.25) is 4.90 Å². The molecule has 0 fully saturated rings. The molecule has 0 spiro atoms. The lowest BCUT2D eigenvalue weighted by Crippen LogP contribution is -2.45. The minimum atomic E-state index is -1.09. The molecule has 3 rings (SSSR count). The SMILES string of the molecule is CN1Cc2ccc(C(=O)O)cc2N(Cc2c(F)cccc2Cl)C1=O. The number of hydrogen-bond donors (Lipinski definition) is 1. The first-order valence-electron chi connectivity index (χ1n) is 7.20. The molecule has 124 valence electrons. The summed E-state index contributed by atoms with van der Waals surface area (Å²) in [5.41, 5.74) is 1.50. The molecule has 2 amide bonds. The largest absolute Gasteiger partial charge is 0.478 e. The van der Waals surface area contributed by atoms with Crippen LogP contribution < -0.4 is 4.90 Å². The summed E-state index contributed by atoms with van der Waals surface area (Å²) in [6.45, 7) is 0.278. The summed E-state index contributed by atoms with van der Waals surface area (Å²) in [5.74, 6) is -1.60. The Labute approximate surface area is 142 Å². The van der Waals surface area contributed by atoms with Crippen LogP contribution in [0.4, 0.5) is 14.9 Å². The Morgan fingerprint density at radius 1 is 1.33 bits per heavy atom. The summed E-state index contributed by atoms with van der Waals surface area (Å²) in [7, 11) is 1.63. The zero-order chi connectivity index (χ0) is 17.4. The molecule has 0 bridgehead atoms. The van der Waals surface area contributed by atoms with Gasteiger partial charge in [-0.05, 0) is 29.8 Å². The Kier molecular flexibility index (Phi) is 4.15. The molecule has 0 unspecified atom stereocenters. The molecule has 1 N–H and O–H groups in total. The van der Waals surface area contributed by atoms with E-state index in [-0.39, 0.29) is 28.7 Å². The van der Waals surface area contributed by atoms with Crippen LogP contribution in [-0.4, -0.2) is 29.1 Å². The zero-order valence-electron chi connectivity index (χ0n) is 12.8. The van der Waals surface area contributed by atoms with Crippen molar-refractivity contribution in [3.63, 3.8) is 0 Å².